The number of halogens is 2. The van der Waals surface area contributed by atoms with Gasteiger partial charge >= 0.3 is 0 Å². The highest BCUT2D eigenvalue weighted by Crippen LogP contribution is 2.11. The maximum Gasteiger partial charge on any atom is 0.268 e. The molecule has 32 heavy (non-hydrogen) atoms. The van der Waals surface area contributed by atoms with Crippen LogP contribution < -0.4 is 16.0 Å². The smallest absolute Gasteiger partial charge is 0.268 e. The van der Waals surface area contributed by atoms with Crippen LogP contribution in [0.3, 0.4) is 0 Å². The van der Waals surface area contributed by atoms with Crippen molar-refractivity contribution in [1.82, 2.24) is 16.0 Å². The molecule has 7 nitrogen and oxygen atoms in total. The van der Waals surface area contributed by atoms with Crippen LogP contribution in [0.1, 0.15) is 26.5 Å². The van der Waals surface area contributed by atoms with Gasteiger partial charge in [0, 0.05) is 24.7 Å². The standard InChI is InChI=1S/C23H19F2N3O4/c24-17-9-4-10-18(25)20(17)23(31)27-12-11-26-22(30)19(14-16-8-5-13-32-16)28-21(29)15-6-2-1-3-7-15/h1-10,13-14H,11-12H2,(H,26,30)(H,27,31)(H,28,29). The summed E-state index contributed by atoms with van der Waals surface area (Å²) in [5.41, 5.74) is -0.433. The second kappa shape index (κ2) is 10.7. The summed E-state index contributed by atoms with van der Waals surface area (Å²) in [5, 5.41) is 7.38. The fraction of sp³-hybridized carbons (Fsp3) is 0.0870. The van der Waals surface area contributed by atoms with Gasteiger partial charge in [-0.2, -0.15) is 0 Å². The molecule has 3 N–H and O–H groups in total. The summed E-state index contributed by atoms with van der Waals surface area (Å²) in [7, 11) is 0. The van der Waals surface area contributed by atoms with Crippen molar-refractivity contribution in [2.24, 2.45) is 0 Å². The predicted octanol–water partition coefficient (Wildman–Crippen LogP) is 2.87. The molecule has 2 aromatic carbocycles. The number of hydrogen-bond donors (Lipinski definition) is 3. The third-order valence-corrected chi connectivity index (χ3v) is 4.24. The zero-order valence-electron chi connectivity index (χ0n) is 16.7. The van der Waals surface area contributed by atoms with Crippen molar-refractivity contribution in [3.05, 3.63) is 101 Å². The molecular formula is C23H19F2N3O4. The molecule has 1 aromatic heterocycles. The Bertz CT molecular complexity index is 1110. The van der Waals surface area contributed by atoms with Gasteiger partial charge in [-0.3, -0.25) is 14.4 Å². The molecule has 0 aliphatic heterocycles. The highest BCUT2D eigenvalue weighted by Gasteiger charge is 2.17. The van der Waals surface area contributed by atoms with Crippen molar-refractivity contribution < 1.29 is 27.6 Å². The Hall–Kier alpha value is -4.27. The molecular weight excluding hydrogens is 420 g/mol. The van der Waals surface area contributed by atoms with E-state index >= 15 is 0 Å². The fourth-order valence-corrected chi connectivity index (χ4v) is 2.71. The second-order valence-corrected chi connectivity index (χ2v) is 6.50. The Balaban J connectivity index is 1.60. The Morgan fingerprint density at radius 1 is 0.812 bits per heavy atom. The van der Waals surface area contributed by atoms with Crippen LogP contribution in [-0.2, 0) is 4.79 Å². The van der Waals surface area contributed by atoms with E-state index in [-0.39, 0.29) is 18.8 Å². The van der Waals surface area contributed by atoms with Crippen LogP contribution in [0.15, 0.2) is 77.0 Å². The van der Waals surface area contributed by atoms with E-state index in [1.165, 1.54) is 12.3 Å². The minimum absolute atomic E-state index is 0.0582. The highest BCUT2D eigenvalue weighted by atomic mass is 19.1. The number of carbonyl (C=O) groups is 3. The highest BCUT2D eigenvalue weighted by molar-refractivity contribution is 6.05. The van der Waals surface area contributed by atoms with Crippen molar-refractivity contribution in [1.29, 1.82) is 0 Å². The van der Waals surface area contributed by atoms with Gasteiger partial charge in [0.05, 0.1) is 6.26 Å². The lowest BCUT2D eigenvalue weighted by atomic mass is 10.2. The van der Waals surface area contributed by atoms with Crippen molar-refractivity contribution in [2.45, 2.75) is 0 Å². The monoisotopic (exact) mass is 439 g/mol. The van der Waals surface area contributed by atoms with Crippen LogP contribution in [0.4, 0.5) is 8.78 Å². The molecule has 0 atom stereocenters. The zero-order valence-corrected chi connectivity index (χ0v) is 16.7. The molecule has 0 spiro atoms. The largest absolute Gasteiger partial charge is 0.465 e. The van der Waals surface area contributed by atoms with Gasteiger partial charge < -0.3 is 20.4 Å². The summed E-state index contributed by atoms with van der Waals surface area (Å²) < 4.78 is 32.5. The molecule has 164 valence electrons. The first kappa shape index (κ1) is 22.4. The van der Waals surface area contributed by atoms with Crippen LogP contribution in [0.2, 0.25) is 0 Å². The van der Waals surface area contributed by atoms with E-state index in [1.807, 2.05) is 0 Å². The summed E-state index contributed by atoms with van der Waals surface area (Å²) in [6, 6.07) is 14.6. The van der Waals surface area contributed by atoms with E-state index in [9.17, 15) is 23.2 Å². The fourth-order valence-electron chi connectivity index (χ4n) is 2.71. The molecule has 3 rings (SSSR count). The van der Waals surface area contributed by atoms with Crippen LogP contribution in [0.25, 0.3) is 6.08 Å². The molecule has 0 saturated carbocycles. The van der Waals surface area contributed by atoms with Gasteiger partial charge in [0.2, 0.25) is 0 Å². The maximum atomic E-state index is 13.7. The number of furan rings is 1. The first-order chi connectivity index (χ1) is 15.5. The lowest BCUT2D eigenvalue weighted by Crippen LogP contribution is -2.39. The molecule has 3 aromatic rings. The van der Waals surface area contributed by atoms with Gasteiger partial charge in [-0.15, -0.1) is 0 Å². The molecule has 3 amide bonds. The Morgan fingerprint density at radius 2 is 1.50 bits per heavy atom. The number of hydrogen-bond acceptors (Lipinski definition) is 4. The van der Waals surface area contributed by atoms with Gasteiger partial charge in [0.1, 0.15) is 28.7 Å². The van der Waals surface area contributed by atoms with Crippen molar-refractivity contribution in [3.63, 3.8) is 0 Å². The molecule has 9 heteroatoms. The molecule has 0 radical (unpaired) electrons. The average molecular weight is 439 g/mol. The SMILES string of the molecule is O=C(NCCNC(=O)c1c(F)cccc1F)C(=Cc1ccco1)NC(=O)c1ccccc1. The Kier molecular flexibility index (Phi) is 7.47. The average Bonchev–Trinajstić information content (AvgIpc) is 3.29. The first-order valence-electron chi connectivity index (χ1n) is 9.57. The van der Waals surface area contributed by atoms with Gasteiger partial charge in [-0.25, -0.2) is 8.78 Å². The molecule has 0 aliphatic rings. The summed E-state index contributed by atoms with van der Waals surface area (Å²) in [5.74, 6) is -3.72. The minimum atomic E-state index is -0.987. The van der Waals surface area contributed by atoms with Crippen LogP contribution in [0, 0.1) is 11.6 Å². The second-order valence-electron chi connectivity index (χ2n) is 6.50. The molecule has 0 bridgehead atoms. The third-order valence-electron chi connectivity index (χ3n) is 4.24. The Morgan fingerprint density at radius 3 is 2.16 bits per heavy atom. The lowest BCUT2D eigenvalue weighted by Gasteiger charge is -2.11. The van der Waals surface area contributed by atoms with Gasteiger partial charge in [-0.05, 0) is 36.4 Å². The number of rotatable bonds is 8. The predicted molar refractivity (Wildman–Crippen MR) is 112 cm³/mol. The molecule has 1 heterocycles. The first-order valence-corrected chi connectivity index (χ1v) is 9.57. The van der Waals surface area contributed by atoms with Crippen molar-refractivity contribution >= 4 is 23.8 Å². The van der Waals surface area contributed by atoms with E-state index < -0.39 is 34.9 Å². The third kappa shape index (κ3) is 5.88. The summed E-state index contributed by atoms with van der Waals surface area (Å²) >= 11 is 0. The topological polar surface area (TPSA) is 100 Å². The zero-order chi connectivity index (χ0) is 22.9. The minimum Gasteiger partial charge on any atom is -0.465 e. The van der Waals surface area contributed by atoms with Gasteiger partial charge in [-0.1, -0.05) is 24.3 Å². The quantitative estimate of drug-likeness (QED) is 0.371. The molecule has 0 aliphatic carbocycles. The summed E-state index contributed by atoms with van der Waals surface area (Å²) in [6.07, 6.45) is 2.77. The van der Waals surface area contributed by atoms with Gasteiger partial charge in [0.25, 0.3) is 17.7 Å². The summed E-state index contributed by atoms with van der Waals surface area (Å²) in [6.45, 7) is -0.156. The van der Waals surface area contributed by atoms with E-state index in [0.29, 0.717) is 11.3 Å². The van der Waals surface area contributed by atoms with Crippen molar-refractivity contribution in [3.8, 4) is 0 Å². The van der Waals surface area contributed by atoms with Crippen LogP contribution in [-0.4, -0.2) is 30.8 Å². The number of carbonyl (C=O) groups excluding carboxylic acids is 3. The van der Waals surface area contributed by atoms with Gasteiger partial charge in [0.15, 0.2) is 0 Å². The number of benzene rings is 2. The van der Waals surface area contributed by atoms with E-state index in [2.05, 4.69) is 16.0 Å². The van der Waals surface area contributed by atoms with E-state index in [0.717, 1.165) is 18.2 Å². The Labute approximate surface area is 182 Å². The molecule has 0 unspecified atom stereocenters. The van der Waals surface area contributed by atoms with Crippen molar-refractivity contribution in [2.75, 3.05) is 13.1 Å². The number of amides is 3. The van der Waals surface area contributed by atoms with Crippen LogP contribution >= 0.6 is 0 Å². The lowest BCUT2D eigenvalue weighted by molar-refractivity contribution is -0.117. The maximum absolute atomic E-state index is 13.7. The normalized spacial score (nSPS) is 11.0. The van der Waals surface area contributed by atoms with E-state index in [1.54, 1.807) is 42.5 Å². The van der Waals surface area contributed by atoms with Crippen LogP contribution in [0.5, 0.6) is 0 Å². The summed E-state index contributed by atoms with van der Waals surface area (Å²) in [4.78, 5) is 37.0. The molecule has 0 saturated heterocycles. The van der Waals surface area contributed by atoms with E-state index in [4.69, 9.17) is 4.42 Å². The number of nitrogens with one attached hydrogen (secondary N) is 3. The molecule has 0 fully saturated rings.